The number of thiophene rings is 4. The molecule has 0 saturated heterocycles. The molecule has 1 atom stereocenters. The molecule has 0 spiro atoms. The maximum absolute atomic E-state index is 17.1. The van der Waals surface area contributed by atoms with E-state index in [1.54, 1.807) is 42.5 Å². The Morgan fingerprint density at radius 1 is 0.507 bits per heavy atom. The highest BCUT2D eigenvalue weighted by Crippen LogP contribution is 2.67. The van der Waals surface area contributed by atoms with E-state index in [1.807, 2.05) is 79.7 Å². The maximum Gasteiger partial charge on any atom is 0.380 e. The average Bonchev–Trinajstić information content (AvgIpc) is 4.22. The second kappa shape index (κ2) is 25.8. The molecule has 0 fully saturated rings. The molecular formula is C57H68F6O8S4. The number of ether oxygens (including phenoxy) is 8. The number of rotatable bonds is 28. The van der Waals surface area contributed by atoms with E-state index >= 15 is 26.3 Å². The molecule has 1 unspecified atom stereocenters. The van der Waals surface area contributed by atoms with Gasteiger partial charge >= 0.3 is 17.8 Å². The lowest BCUT2D eigenvalue weighted by atomic mass is 9.89. The number of hydrogen-bond donors (Lipinski definition) is 0. The third-order valence-corrected chi connectivity index (χ3v) is 18.1. The summed E-state index contributed by atoms with van der Waals surface area (Å²) in [6, 6.07) is 16.9. The van der Waals surface area contributed by atoms with Gasteiger partial charge in [0.25, 0.3) is 0 Å². The van der Waals surface area contributed by atoms with Gasteiger partial charge < -0.3 is 37.9 Å². The van der Waals surface area contributed by atoms with Crippen LogP contribution in [0.4, 0.5) is 26.3 Å². The molecule has 4 heterocycles. The van der Waals surface area contributed by atoms with Crippen LogP contribution < -0.4 is 4.74 Å². The van der Waals surface area contributed by atoms with Crippen LogP contribution >= 0.6 is 45.3 Å². The lowest BCUT2D eigenvalue weighted by molar-refractivity contribution is -0.254. The van der Waals surface area contributed by atoms with Gasteiger partial charge in [-0.15, -0.1) is 45.3 Å². The lowest BCUT2D eigenvalue weighted by Crippen LogP contribution is -2.48. The Kier molecular flexibility index (Phi) is 20.2. The van der Waals surface area contributed by atoms with Gasteiger partial charge in [0.1, 0.15) is 24.7 Å². The molecule has 8 nitrogen and oxygen atoms in total. The smallest absolute Gasteiger partial charge is 0.380 e. The molecule has 0 radical (unpaired) electrons. The van der Waals surface area contributed by atoms with Gasteiger partial charge in [0.05, 0.1) is 66.1 Å². The number of hydrogen-bond acceptors (Lipinski definition) is 12. The maximum atomic E-state index is 17.1. The van der Waals surface area contributed by atoms with E-state index in [-0.39, 0.29) is 64.6 Å². The highest BCUT2D eigenvalue weighted by Gasteiger charge is 2.80. The third kappa shape index (κ3) is 14.1. The van der Waals surface area contributed by atoms with E-state index in [9.17, 15) is 0 Å². The second-order valence-corrected chi connectivity index (χ2v) is 24.2. The predicted octanol–water partition coefficient (Wildman–Crippen LogP) is 15.8. The molecule has 5 aromatic rings. The standard InChI is InChI=1S/C57H68F6O8S4/c1-9-64-23-25-66-27-29-68-31-33-70-39-15-11-37(12-16-39)51-41(35-45(74-51)43-19-21-47(72-43)53(3,4)5)49-50(56(60,61)57(62,63)55(49,58)59)42-36-46(44-20-22-48(73-44)54(6,7)8)75-52(42)38-13-17-40(18-14-38)71-34-32-69-30-28-67-26-24-65-10-2/h11-13,15-22,35-36,38H,9-10,14,23-34H2,1-8H3. The minimum absolute atomic E-state index is 0.140. The van der Waals surface area contributed by atoms with Gasteiger partial charge in [-0.25, -0.2) is 0 Å². The number of allylic oxidation sites excluding steroid dienone is 5. The summed E-state index contributed by atoms with van der Waals surface area (Å²) in [5.74, 6) is -16.1. The largest absolute Gasteiger partial charge is 0.492 e. The van der Waals surface area contributed by atoms with Crippen molar-refractivity contribution in [2.75, 3.05) is 92.5 Å². The molecule has 4 aromatic heterocycles. The zero-order chi connectivity index (χ0) is 54.0. The number of halogens is 6. The van der Waals surface area contributed by atoms with Crippen LogP contribution in [0.5, 0.6) is 5.75 Å². The minimum atomic E-state index is -5.79. The van der Waals surface area contributed by atoms with E-state index in [0.29, 0.717) is 103 Å². The Morgan fingerprint density at radius 2 is 0.960 bits per heavy atom. The molecule has 0 saturated carbocycles. The van der Waals surface area contributed by atoms with E-state index in [4.69, 9.17) is 37.9 Å². The average molecular weight is 1120 g/mol. The van der Waals surface area contributed by atoms with Crippen molar-refractivity contribution >= 4 is 56.5 Å². The van der Waals surface area contributed by atoms with Crippen molar-refractivity contribution in [3.8, 4) is 35.7 Å². The molecule has 0 aliphatic heterocycles. The normalized spacial score (nSPS) is 17.3. The van der Waals surface area contributed by atoms with Gasteiger partial charge in [-0.1, -0.05) is 47.6 Å². The Balaban J connectivity index is 1.25. The van der Waals surface area contributed by atoms with Crippen molar-refractivity contribution < 1.29 is 64.2 Å². The lowest BCUT2D eigenvalue weighted by Gasteiger charge is -2.26. The Labute approximate surface area is 453 Å². The van der Waals surface area contributed by atoms with Crippen molar-refractivity contribution in [2.45, 2.75) is 96.3 Å². The molecule has 2 aliphatic carbocycles. The minimum Gasteiger partial charge on any atom is -0.492 e. The van der Waals surface area contributed by atoms with Crippen LogP contribution in [0, 0.1) is 0 Å². The molecule has 18 heteroatoms. The van der Waals surface area contributed by atoms with Crippen LogP contribution in [0.2, 0.25) is 0 Å². The third-order valence-electron chi connectivity index (χ3n) is 12.3. The first-order chi connectivity index (χ1) is 35.7. The van der Waals surface area contributed by atoms with Crippen LogP contribution in [-0.2, 0) is 44.0 Å². The van der Waals surface area contributed by atoms with Crippen molar-refractivity contribution in [2.24, 2.45) is 0 Å². The van der Waals surface area contributed by atoms with Crippen molar-refractivity contribution in [3.05, 3.63) is 110 Å². The first-order valence-electron chi connectivity index (χ1n) is 25.3. The molecule has 0 N–H and O–H groups in total. The summed E-state index contributed by atoms with van der Waals surface area (Å²) in [5, 5.41) is 0. The first-order valence-corrected chi connectivity index (χ1v) is 28.5. The molecule has 2 aliphatic rings. The van der Waals surface area contributed by atoms with Gasteiger partial charge in [-0.3, -0.25) is 0 Å². The molecular weight excluding hydrogens is 1050 g/mol. The molecule has 1 aromatic carbocycles. The highest BCUT2D eigenvalue weighted by molar-refractivity contribution is 7.24. The Hall–Kier alpha value is -3.82. The van der Waals surface area contributed by atoms with Crippen LogP contribution in [0.25, 0.3) is 41.1 Å². The van der Waals surface area contributed by atoms with Crippen molar-refractivity contribution in [1.29, 1.82) is 0 Å². The highest BCUT2D eigenvalue weighted by atomic mass is 32.1. The summed E-state index contributed by atoms with van der Waals surface area (Å²) in [6.07, 6.45) is 5.48. The zero-order valence-corrected chi connectivity index (χ0v) is 47.1. The quantitative estimate of drug-likeness (QED) is 0.0362. The van der Waals surface area contributed by atoms with Gasteiger partial charge in [0, 0.05) is 74.9 Å². The molecule has 7 rings (SSSR count). The van der Waals surface area contributed by atoms with Gasteiger partial charge in [-0.05, 0) is 115 Å². The van der Waals surface area contributed by atoms with Gasteiger partial charge in [-0.2, -0.15) is 26.3 Å². The molecule has 75 heavy (non-hydrogen) atoms. The number of benzene rings is 1. The van der Waals surface area contributed by atoms with Crippen molar-refractivity contribution in [3.63, 3.8) is 0 Å². The second-order valence-electron chi connectivity index (χ2n) is 19.9. The van der Waals surface area contributed by atoms with E-state index in [1.165, 1.54) is 34.8 Å². The summed E-state index contributed by atoms with van der Waals surface area (Å²) in [7, 11) is 0. The topological polar surface area (TPSA) is 73.8 Å². The first kappa shape index (κ1) is 58.9. The summed E-state index contributed by atoms with van der Waals surface area (Å²) >= 11 is 5.14. The monoisotopic (exact) mass is 1120 g/mol. The SMILES string of the molecule is CCOCCOCCOCCOC1=CCC(c2sc(-c3ccc(C(C)(C)C)s3)cc2C2=C(c3cc(-c4ccc(C(C)(C)C)s4)sc3-c3ccc(OCCOCCOCCOCC)cc3)C(F)(F)C(F)(F)C2(F)F)C=C1. The van der Waals surface area contributed by atoms with Gasteiger partial charge in [0.2, 0.25) is 0 Å². The summed E-state index contributed by atoms with van der Waals surface area (Å²) < 4.78 is 146. The summed E-state index contributed by atoms with van der Waals surface area (Å²) in [6.45, 7) is 21.7. The predicted molar refractivity (Wildman–Crippen MR) is 292 cm³/mol. The van der Waals surface area contributed by atoms with Crippen LogP contribution in [0.1, 0.15) is 93.5 Å². The summed E-state index contributed by atoms with van der Waals surface area (Å²) in [4.78, 5) is 4.80. The molecule has 0 amide bonds. The molecule has 410 valence electrons. The summed E-state index contributed by atoms with van der Waals surface area (Å²) in [5.41, 5.74) is -3.64. The fourth-order valence-electron chi connectivity index (χ4n) is 8.30. The van der Waals surface area contributed by atoms with E-state index < -0.39 is 34.8 Å². The van der Waals surface area contributed by atoms with Crippen LogP contribution in [0.3, 0.4) is 0 Å². The fraction of sp³-hybridized carbons (Fsp3) is 0.509. The van der Waals surface area contributed by atoms with Crippen LogP contribution in [0.15, 0.2) is 84.7 Å². The van der Waals surface area contributed by atoms with Gasteiger partial charge in [0.15, 0.2) is 0 Å². The Morgan fingerprint density at radius 3 is 1.43 bits per heavy atom. The molecule has 0 bridgehead atoms. The van der Waals surface area contributed by atoms with E-state index in [0.717, 1.165) is 32.4 Å². The van der Waals surface area contributed by atoms with E-state index in [2.05, 4.69) is 0 Å². The fourth-order valence-corrected chi connectivity index (χ4v) is 13.0. The van der Waals surface area contributed by atoms with Crippen molar-refractivity contribution in [1.82, 2.24) is 0 Å². The Bertz CT molecular complexity index is 2720. The zero-order valence-electron chi connectivity index (χ0n) is 43.9. The number of alkyl halides is 6. The van der Waals surface area contributed by atoms with Crippen LogP contribution in [-0.4, -0.2) is 110 Å².